The Morgan fingerprint density at radius 1 is 1.29 bits per heavy atom. The van der Waals surface area contributed by atoms with Gasteiger partial charge in [-0.25, -0.2) is 0 Å². The molecule has 0 radical (unpaired) electrons. The summed E-state index contributed by atoms with van der Waals surface area (Å²) >= 11 is 6.32. The molecule has 1 aliphatic rings. The molecule has 0 amide bonds. The minimum atomic E-state index is -0.423. The van der Waals surface area contributed by atoms with Crippen molar-refractivity contribution in [1.29, 1.82) is 0 Å². The SMILES string of the molecule is OC(CN1CCCC1c1ccccc1Cl)Cn1cccn1. The van der Waals surface area contributed by atoms with E-state index in [1.54, 1.807) is 10.9 Å². The average molecular weight is 306 g/mol. The Kier molecular flexibility index (Phi) is 4.58. The van der Waals surface area contributed by atoms with Gasteiger partial charge in [-0.05, 0) is 37.1 Å². The predicted octanol–water partition coefficient (Wildman–Crippen LogP) is 2.73. The number of hydrogen-bond donors (Lipinski definition) is 1. The number of β-amino-alcohol motifs (C(OH)–C–C–N with tert-alkyl or cyclic N) is 1. The van der Waals surface area contributed by atoms with E-state index < -0.39 is 6.10 Å². The van der Waals surface area contributed by atoms with Crippen molar-refractivity contribution >= 4 is 11.6 Å². The average Bonchev–Trinajstić information content (AvgIpc) is 3.11. The summed E-state index contributed by atoms with van der Waals surface area (Å²) in [6, 6.07) is 10.2. The second-order valence-electron chi connectivity index (χ2n) is 5.56. The molecule has 0 saturated carbocycles. The molecule has 1 aromatic heterocycles. The minimum absolute atomic E-state index is 0.311. The van der Waals surface area contributed by atoms with Crippen LogP contribution in [0.4, 0.5) is 0 Å². The molecule has 2 atom stereocenters. The smallest absolute Gasteiger partial charge is 0.0862 e. The van der Waals surface area contributed by atoms with Crippen molar-refractivity contribution in [2.24, 2.45) is 0 Å². The van der Waals surface area contributed by atoms with Gasteiger partial charge in [-0.1, -0.05) is 29.8 Å². The Labute approximate surface area is 130 Å². The largest absolute Gasteiger partial charge is 0.390 e. The van der Waals surface area contributed by atoms with E-state index in [2.05, 4.69) is 16.1 Å². The number of halogens is 1. The minimum Gasteiger partial charge on any atom is -0.390 e. The number of aromatic nitrogens is 2. The van der Waals surface area contributed by atoms with E-state index in [0.717, 1.165) is 24.4 Å². The van der Waals surface area contributed by atoms with Gasteiger partial charge < -0.3 is 5.11 Å². The number of aliphatic hydroxyl groups excluding tert-OH is 1. The highest BCUT2D eigenvalue weighted by molar-refractivity contribution is 6.31. The monoisotopic (exact) mass is 305 g/mol. The molecule has 1 aliphatic heterocycles. The van der Waals surface area contributed by atoms with Gasteiger partial charge in [-0.15, -0.1) is 0 Å². The summed E-state index contributed by atoms with van der Waals surface area (Å²) in [5.41, 5.74) is 1.17. The number of rotatable bonds is 5. The summed E-state index contributed by atoms with van der Waals surface area (Å²) in [5, 5.41) is 15.2. The number of hydrogen-bond acceptors (Lipinski definition) is 3. The first kappa shape index (κ1) is 14.6. The van der Waals surface area contributed by atoms with Crippen molar-refractivity contribution in [3.63, 3.8) is 0 Å². The van der Waals surface area contributed by atoms with Crippen molar-refractivity contribution in [2.75, 3.05) is 13.1 Å². The van der Waals surface area contributed by atoms with E-state index in [0.29, 0.717) is 19.1 Å². The number of nitrogens with zero attached hydrogens (tertiary/aromatic N) is 3. The Morgan fingerprint density at radius 3 is 2.90 bits per heavy atom. The molecule has 4 nitrogen and oxygen atoms in total. The summed E-state index contributed by atoms with van der Waals surface area (Å²) in [6.45, 7) is 2.18. The highest BCUT2D eigenvalue weighted by Crippen LogP contribution is 2.35. The first-order valence-corrected chi connectivity index (χ1v) is 7.76. The fraction of sp³-hybridized carbons (Fsp3) is 0.438. The van der Waals surface area contributed by atoms with Crippen LogP contribution in [0.1, 0.15) is 24.4 Å². The molecule has 1 fully saturated rings. The maximum atomic E-state index is 10.3. The Bertz CT molecular complexity index is 573. The van der Waals surface area contributed by atoms with Gasteiger partial charge >= 0.3 is 0 Å². The van der Waals surface area contributed by atoms with E-state index in [9.17, 15) is 5.11 Å². The van der Waals surface area contributed by atoms with E-state index in [1.807, 2.05) is 30.5 Å². The van der Waals surface area contributed by atoms with Gasteiger partial charge in [0, 0.05) is 30.0 Å². The summed E-state index contributed by atoms with van der Waals surface area (Å²) in [7, 11) is 0. The van der Waals surface area contributed by atoms with Crippen LogP contribution in [0.2, 0.25) is 5.02 Å². The lowest BCUT2D eigenvalue weighted by molar-refractivity contribution is 0.0891. The zero-order valence-electron chi connectivity index (χ0n) is 11.9. The van der Waals surface area contributed by atoms with Crippen LogP contribution in [-0.2, 0) is 6.54 Å². The summed E-state index contributed by atoms with van der Waals surface area (Å²) in [4.78, 5) is 2.33. The van der Waals surface area contributed by atoms with E-state index in [4.69, 9.17) is 11.6 Å². The lowest BCUT2D eigenvalue weighted by Crippen LogP contribution is -2.34. The molecule has 1 N–H and O–H groups in total. The lowest BCUT2D eigenvalue weighted by Gasteiger charge is -2.27. The normalized spacial score (nSPS) is 20.8. The van der Waals surface area contributed by atoms with Crippen molar-refractivity contribution in [3.8, 4) is 0 Å². The fourth-order valence-electron chi connectivity index (χ4n) is 3.10. The predicted molar refractivity (Wildman–Crippen MR) is 83.2 cm³/mol. The number of aliphatic hydroxyl groups is 1. The third-order valence-electron chi connectivity index (χ3n) is 4.03. The Hall–Kier alpha value is -1.36. The maximum absolute atomic E-state index is 10.3. The van der Waals surface area contributed by atoms with Crippen molar-refractivity contribution in [3.05, 3.63) is 53.3 Å². The van der Waals surface area contributed by atoms with Crippen LogP contribution in [0.25, 0.3) is 0 Å². The van der Waals surface area contributed by atoms with Crippen LogP contribution in [-0.4, -0.2) is 39.0 Å². The topological polar surface area (TPSA) is 41.3 Å². The highest BCUT2D eigenvalue weighted by Gasteiger charge is 2.28. The van der Waals surface area contributed by atoms with Crippen LogP contribution in [0.3, 0.4) is 0 Å². The zero-order valence-corrected chi connectivity index (χ0v) is 12.7. The van der Waals surface area contributed by atoms with E-state index in [1.165, 1.54) is 5.56 Å². The molecular formula is C16H20ClN3O. The van der Waals surface area contributed by atoms with Gasteiger partial charge in [-0.2, -0.15) is 5.10 Å². The first-order chi connectivity index (χ1) is 10.2. The van der Waals surface area contributed by atoms with Crippen molar-refractivity contribution in [2.45, 2.75) is 31.5 Å². The quantitative estimate of drug-likeness (QED) is 0.923. The molecule has 2 heterocycles. The standard InChI is InChI=1S/C16H20ClN3O/c17-15-6-2-1-5-14(15)16-7-3-9-19(16)11-13(21)12-20-10-4-8-18-20/h1-2,4-6,8,10,13,16,21H,3,7,9,11-12H2. The number of benzene rings is 1. The molecular weight excluding hydrogens is 286 g/mol. The summed E-state index contributed by atoms with van der Waals surface area (Å²) in [5.74, 6) is 0. The Morgan fingerprint density at radius 2 is 2.14 bits per heavy atom. The fourth-order valence-corrected chi connectivity index (χ4v) is 3.36. The van der Waals surface area contributed by atoms with Gasteiger partial charge in [0.1, 0.15) is 0 Å². The maximum Gasteiger partial charge on any atom is 0.0862 e. The van der Waals surface area contributed by atoms with Gasteiger partial charge in [0.25, 0.3) is 0 Å². The molecule has 0 spiro atoms. The summed E-state index contributed by atoms with van der Waals surface area (Å²) in [6.07, 6.45) is 5.42. The second-order valence-corrected chi connectivity index (χ2v) is 5.96. The van der Waals surface area contributed by atoms with Crippen molar-refractivity contribution < 1.29 is 5.11 Å². The van der Waals surface area contributed by atoms with Crippen molar-refractivity contribution in [1.82, 2.24) is 14.7 Å². The van der Waals surface area contributed by atoms with Gasteiger partial charge in [0.2, 0.25) is 0 Å². The second kappa shape index (κ2) is 6.60. The van der Waals surface area contributed by atoms with Crippen LogP contribution in [0.5, 0.6) is 0 Å². The summed E-state index contributed by atoms with van der Waals surface area (Å²) < 4.78 is 1.77. The molecule has 2 unspecified atom stereocenters. The van der Waals surface area contributed by atoms with Crippen LogP contribution >= 0.6 is 11.6 Å². The first-order valence-electron chi connectivity index (χ1n) is 7.38. The number of likely N-dealkylation sites (tertiary alicyclic amines) is 1. The third kappa shape index (κ3) is 3.46. The molecule has 0 bridgehead atoms. The van der Waals surface area contributed by atoms with Gasteiger partial charge in [0.15, 0.2) is 0 Å². The molecule has 1 aromatic carbocycles. The lowest BCUT2D eigenvalue weighted by atomic mass is 10.0. The van der Waals surface area contributed by atoms with Gasteiger partial charge in [0.05, 0.1) is 12.6 Å². The van der Waals surface area contributed by atoms with E-state index in [-0.39, 0.29) is 0 Å². The van der Waals surface area contributed by atoms with Gasteiger partial charge in [-0.3, -0.25) is 9.58 Å². The molecule has 2 aromatic rings. The molecule has 0 aliphatic carbocycles. The Balaban J connectivity index is 1.65. The molecule has 21 heavy (non-hydrogen) atoms. The highest BCUT2D eigenvalue weighted by atomic mass is 35.5. The third-order valence-corrected chi connectivity index (χ3v) is 4.37. The van der Waals surface area contributed by atoms with Crippen LogP contribution in [0, 0.1) is 0 Å². The molecule has 112 valence electrons. The van der Waals surface area contributed by atoms with E-state index >= 15 is 0 Å². The molecule has 1 saturated heterocycles. The van der Waals surface area contributed by atoms with Crippen LogP contribution < -0.4 is 0 Å². The molecule has 5 heteroatoms. The zero-order chi connectivity index (χ0) is 14.7. The molecule has 3 rings (SSSR count). The van der Waals surface area contributed by atoms with Crippen LogP contribution in [0.15, 0.2) is 42.7 Å².